The van der Waals surface area contributed by atoms with Crippen molar-refractivity contribution in [1.82, 2.24) is 5.48 Å². The maximum Gasteiger partial charge on any atom is 0.338 e. The van der Waals surface area contributed by atoms with Crippen molar-refractivity contribution < 1.29 is 19.2 Å². The van der Waals surface area contributed by atoms with E-state index < -0.39 is 11.9 Å². The summed E-state index contributed by atoms with van der Waals surface area (Å²) in [6, 6.07) is 6.93. The molecule has 3 N–H and O–H groups in total. The number of ether oxygens (including phenoxy) is 1. The molecule has 0 aliphatic carbocycles. The molecule has 1 aromatic carbocycles. The largest absolute Gasteiger partial charge is 0.465 e. The molecule has 0 heterocycles. The minimum atomic E-state index is -0.571. The summed E-state index contributed by atoms with van der Waals surface area (Å²) in [5.41, 5.74) is 8.60. The van der Waals surface area contributed by atoms with Gasteiger partial charge in [0.1, 0.15) is 6.61 Å². The second-order valence-corrected chi connectivity index (χ2v) is 3.22. The average Bonchev–Trinajstić information content (AvgIpc) is 2.34. The number of hydrogen-bond acceptors (Lipinski definition) is 5. The molecule has 0 aliphatic heterocycles. The third kappa shape index (κ3) is 4.21. The average molecular weight is 238 g/mol. The van der Waals surface area contributed by atoms with E-state index in [0.29, 0.717) is 11.1 Å². The first-order valence-electron chi connectivity index (χ1n) is 4.94. The molecule has 92 valence electrons. The Morgan fingerprint density at radius 3 is 2.71 bits per heavy atom. The molecule has 6 heteroatoms. The van der Waals surface area contributed by atoms with E-state index in [4.69, 9.17) is 10.6 Å². The van der Waals surface area contributed by atoms with Crippen molar-refractivity contribution in [2.75, 3.05) is 13.7 Å². The van der Waals surface area contributed by atoms with Crippen molar-refractivity contribution in [2.45, 2.75) is 6.54 Å². The predicted molar refractivity (Wildman–Crippen MR) is 59.8 cm³/mol. The molecule has 0 aliphatic rings. The molecule has 0 spiro atoms. The van der Waals surface area contributed by atoms with Crippen LogP contribution >= 0.6 is 0 Å². The molecule has 1 aromatic rings. The summed E-state index contributed by atoms with van der Waals surface area (Å²) in [5.74, 6) is -0.990. The second-order valence-electron chi connectivity index (χ2n) is 3.22. The highest BCUT2D eigenvalue weighted by molar-refractivity contribution is 5.90. The van der Waals surface area contributed by atoms with Gasteiger partial charge in [0.05, 0.1) is 12.7 Å². The lowest BCUT2D eigenvalue weighted by Gasteiger charge is -2.08. The topological polar surface area (TPSA) is 90.7 Å². The molecule has 0 saturated heterocycles. The SMILES string of the molecule is COC(=O)c1ccccc1CNOCC(N)=O. The molecule has 0 radical (unpaired) electrons. The van der Waals surface area contributed by atoms with Crippen LogP contribution in [0.2, 0.25) is 0 Å². The zero-order valence-electron chi connectivity index (χ0n) is 9.43. The fourth-order valence-corrected chi connectivity index (χ4v) is 1.23. The van der Waals surface area contributed by atoms with E-state index in [9.17, 15) is 9.59 Å². The number of rotatable bonds is 6. The Morgan fingerprint density at radius 1 is 1.35 bits per heavy atom. The van der Waals surface area contributed by atoms with E-state index in [2.05, 4.69) is 10.2 Å². The first kappa shape index (κ1) is 13.1. The van der Waals surface area contributed by atoms with E-state index in [1.54, 1.807) is 24.3 Å². The minimum Gasteiger partial charge on any atom is -0.465 e. The van der Waals surface area contributed by atoms with Gasteiger partial charge in [-0.3, -0.25) is 9.63 Å². The van der Waals surface area contributed by atoms with Gasteiger partial charge in [0.2, 0.25) is 5.91 Å². The summed E-state index contributed by atoms with van der Waals surface area (Å²) >= 11 is 0. The van der Waals surface area contributed by atoms with Gasteiger partial charge >= 0.3 is 5.97 Å². The summed E-state index contributed by atoms with van der Waals surface area (Å²) in [5, 5.41) is 0. The van der Waals surface area contributed by atoms with Crippen LogP contribution < -0.4 is 11.2 Å². The third-order valence-corrected chi connectivity index (χ3v) is 2.00. The highest BCUT2D eigenvalue weighted by Crippen LogP contribution is 2.09. The lowest BCUT2D eigenvalue weighted by Crippen LogP contribution is -2.25. The van der Waals surface area contributed by atoms with Crippen LogP contribution in [0.25, 0.3) is 0 Å². The van der Waals surface area contributed by atoms with Crippen LogP contribution in [0.1, 0.15) is 15.9 Å². The maximum absolute atomic E-state index is 11.4. The van der Waals surface area contributed by atoms with Gasteiger partial charge in [-0.1, -0.05) is 18.2 Å². The van der Waals surface area contributed by atoms with Crippen molar-refractivity contribution in [1.29, 1.82) is 0 Å². The van der Waals surface area contributed by atoms with Crippen LogP contribution in [0.15, 0.2) is 24.3 Å². The van der Waals surface area contributed by atoms with E-state index in [0.717, 1.165) is 0 Å². The molecule has 0 unspecified atom stereocenters. The Balaban J connectivity index is 2.58. The van der Waals surface area contributed by atoms with Gasteiger partial charge in [-0.15, -0.1) is 0 Å². The van der Waals surface area contributed by atoms with Crippen molar-refractivity contribution >= 4 is 11.9 Å². The van der Waals surface area contributed by atoms with Crippen LogP contribution in [-0.2, 0) is 20.9 Å². The third-order valence-electron chi connectivity index (χ3n) is 2.00. The molecular weight excluding hydrogens is 224 g/mol. The zero-order valence-corrected chi connectivity index (χ0v) is 9.43. The molecule has 0 aromatic heterocycles. The van der Waals surface area contributed by atoms with Crippen molar-refractivity contribution in [2.24, 2.45) is 5.73 Å². The molecule has 1 amide bonds. The quantitative estimate of drug-likeness (QED) is 0.413. The van der Waals surface area contributed by atoms with Gasteiger partial charge < -0.3 is 10.5 Å². The number of primary amides is 1. The normalized spacial score (nSPS) is 9.94. The van der Waals surface area contributed by atoms with E-state index >= 15 is 0 Å². The number of hydrogen-bond donors (Lipinski definition) is 2. The van der Waals surface area contributed by atoms with Gasteiger partial charge in [-0.25, -0.2) is 4.79 Å². The number of esters is 1. The van der Waals surface area contributed by atoms with Crippen molar-refractivity contribution in [3.8, 4) is 0 Å². The number of carbonyl (C=O) groups is 2. The Morgan fingerprint density at radius 2 is 2.06 bits per heavy atom. The fraction of sp³-hybridized carbons (Fsp3) is 0.273. The second kappa shape index (κ2) is 6.62. The number of methoxy groups -OCH3 is 1. The summed E-state index contributed by atoms with van der Waals surface area (Å²) in [6.45, 7) is 0.0545. The number of amides is 1. The molecular formula is C11H14N2O4. The number of benzene rings is 1. The lowest BCUT2D eigenvalue weighted by atomic mass is 10.1. The minimum absolute atomic E-state index is 0.222. The van der Waals surface area contributed by atoms with Gasteiger partial charge in [0.15, 0.2) is 0 Å². The van der Waals surface area contributed by atoms with Crippen LogP contribution in [0.3, 0.4) is 0 Å². The van der Waals surface area contributed by atoms with E-state index in [1.165, 1.54) is 7.11 Å². The van der Waals surface area contributed by atoms with Crippen molar-refractivity contribution in [3.63, 3.8) is 0 Å². The first-order chi connectivity index (χ1) is 8.15. The highest BCUT2D eigenvalue weighted by atomic mass is 16.6. The standard InChI is InChI=1S/C11H14N2O4/c1-16-11(15)9-5-3-2-4-8(9)6-13-17-7-10(12)14/h2-5,13H,6-7H2,1H3,(H2,12,14). The Hall–Kier alpha value is -1.92. The van der Waals surface area contributed by atoms with Gasteiger partial charge in [-0.2, -0.15) is 5.48 Å². The monoisotopic (exact) mass is 238 g/mol. The van der Waals surface area contributed by atoms with Crippen molar-refractivity contribution in [3.05, 3.63) is 35.4 Å². The number of hydroxylamine groups is 1. The predicted octanol–water partition coefficient (Wildman–Crippen LogP) is -0.0203. The Kier molecular flexibility index (Phi) is 5.12. The molecule has 0 saturated carbocycles. The summed E-state index contributed by atoms with van der Waals surface area (Å²) in [4.78, 5) is 26.6. The fourth-order valence-electron chi connectivity index (χ4n) is 1.23. The van der Waals surface area contributed by atoms with E-state index in [1.807, 2.05) is 0 Å². The number of nitrogens with one attached hydrogen (secondary N) is 1. The van der Waals surface area contributed by atoms with E-state index in [-0.39, 0.29) is 13.2 Å². The molecule has 17 heavy (non-hydrogen) atoms. The van der Waals surface area contributed by atoms with Crippen LogP contribution in [0, 0.1) is 0 Å². The molecule has 6 nitrogen and oxygen atoms in total. The molecule has 0 atom stereocenters. The summed E-state index contributed by atoms with van der Waals surface area (Å²) < 4.78 is 4.64. The van der Waals surface area contributed by atoms with Crippen LogP contribution in [-0.4, -0.2) is 25.6 Å². The number of carbonyl (C=O) groups excluding carboxylic acids is 2. The Bertz CT molecular complexity index is 406. The molecule has 0 bridgehead atoms. The molecule has 0 fully saturated rings. The lowest BCUT2D eigenvalue weighted by molar-refractivity contribution is -0.125. The molecule has 1 rings (SSSR count). The Labute approximate surface area is 98.7 Å². The summed E-state index contributed by atoms with van der Waals surface area (Å²) in [6.07, 6.45) is 0. The summed E-state index contributed by atoms with van der Waals surface area (Å²) in [7, 11) is 1.32. The van der Waals surface area contributed by atoms with Crippen LogP contribution in [0.4, 0.5) is 0 Å². The zero-order chi connectivity index (χ0) is 12.7. The highest BCUT2D eigenvalue weighted by Gasteiger charge is 2.10. The number of nitrogens with two attached hydrogens (primary N) is 1. The maximum atomic E-state index is 11.4. The van der Waals surface area contributed by atoms with Gasteiger partial charge in [0, 0.05) is 6.54 Å². The first-order valence-corrected chi connectivity index (χ1v) is 4.94. The van der Waals surface area contributed by atoms with Crippen LogP contribution in [0.5, 0.6) is 0 Å². The van der Waals surface area contributed by atoms with Gasteiger partial charge in [-0.05, 0) is 11.6 Å². The smallest absolute Gasteiger partial charge is 0.338 e. The van der Waals surface area contributed by atoms with Gasteiger partial charge in [0.25, 0.3) is 0 Å².